The van der Waals surface area contributed by atoms with E-state index < -0.39 is 24.0 Å². The molecule has 28 heavy (non-hydrogen) atoms. The van der Waals surface area contributed by atoms with Crippen LogP contribution in [0.15, 0.2) is 65.2 Å². The molecular formula is C20H17N3O5. The first kappa shape index (κ1) is 18.8. The summed E-state index contributed by atoms with van der Waals surface area (Å²) in [5.74, 6) is -0.795. The number of primary amides is 1. The van der Waals surface area contributed by atoms with Gasteiger partial charge >= 0.3 is 12.0 Å². The van der Waals surface area contributed by atoms with E-state index >= 15 is 0 Å². The lowest BCUT2D eigenvalue weighted by Crippen LogP contribution is -2.42. The molecule has 8 heteroatoms. The molecule has 0 aliphatic heterocycles. The average Bonchev–Trinajstić information content (AvgIpc) is 3.18. The van der Waals surface area contributed by atoms with E-state index in [1.807, 2.05) is 35.6 Å². The first-order chi connectivity index (χ1) is 13.5. The summed E-state index contributed by atoms with van der Waals surface area (Å²) in [6.07, 6.45) is 0.355. The molecule has 3 rings (SSSR count). The van der Waals surface area contributed by atoms with Crippen LogP contribution >= 0.6 is 0 Å². The zero-order valence-electron chi connectivity index (χ0n) is 14.9. The highest BCUT2D eigenvalue weighted by Crippen LogP contribution is 2.28. The van der Waals surface area contributed by atoms with Crippen molar-refractivity contribution in [3.63, 3.8) is 0 Å². The summed E-state index contributed by atoms with van der Waals surface area (Å²) in [6, 6.07) is 14.9. The fourth-order valence-electron chi connectivity index (χ4n) is 2.48. The van der Waals surface area contributed by atoms with Gasteiger partial charge in [0.25, 0.3) is 5.91 Å². The largest absolute Gasteiger partial charge is 0.449 e. The van der Waals surface area contributed by atoms with Gasteiger partial charge in [-0.15, -0.1) is 0 Å². The first-order valence-corrected chi connectivity index (χ1v) is 8.37. The monoisotopic (exact) mass is 379 g/mol. The van der Waals surface area contributed by atoms with E-state index in [-0.39, 0.29) is 11.5 Å². The molecule has 3 N–H and O–H groups in total. The second-order valence-electron chi connectivity index (χ2n) is 5.84. The van der Waals surface area contributed by atoms with Gasteiger partial charge in [0.1, 0.15) is 0 Å². The van der Waals surface area contributed by atoms with Crippen molar-refractivity contribution in [2.45, 2.75) is 13.0 Å². The van der Waals surface area contributed by atoms with E-state index in [4.69, 9.17) is 14.9 Å². The summed E-state index contributed by atoms with van der Waals surface area (Å²) in [7, 11) is 0. The Kier molecular flexibility index (Phi) is 5.50. The van der Waals surface area contributed by atoms with Crippen LogP contribution in [0.25, 0.3) is 22.8 Å². The molecule has 2 aromatic carbocycles. The third-order valence-electron chi connectivity index (χ3n) is 3.84. The molecule has 0 radical (unpaired) electrons. The van der Waals surface area contributed by atoms with E-state index in [1.165, 1.54) is 13.0 Å². The Hall–Kier alpha value is -3.94. The number of aromatic nitrogens is 1. The van der Waals surface area contributed by atoms with E-state index in [9.17, 15) is 14.4 Å². The minimum Gasteiger partial charge on any atom is -0.449 e. The van der Waals surface area contributed by atoms with E-state index in [1.54, 1.807) is 24.4 Å². The van der Waals surface area contributed by atoms with Crippen LogP contribution in [-0.4, -0.2) is 29.0 Å². The van der Waals surface area contributed by atoms with Crippen LogP contribution in [0, 0.1) is 0 Å². The average molecular weight is 379 g/mol. The molecule has 0 saturated carbocycles. The standard InChI is InChI=1S/C20H17N3O5/c1-12(17(24)23-20(21)26)27-19(25)15-10-6-5-9-14(15)18-22-11-16(28-18)13-7-3-2-4-8-13/h2-12H,1H3,(H3,21,23,24,26)/t12-/m1/s1. The van der Waals surface area contributed by atoms with Gasteiger partial charge in [0.05, 0.1) is 17.3 Å². The number of urea groups is 1. The van der Waals surface area contributed by atoms with Crippen molar-refractivity contribution >= 4 is 17.9 Å². The van der Waals surface area contributed by atoms with Crippen molar-refractivity contribution in [3.05, 3.63) is 66.4 Å². The molecule has 1 aromatic heterocycles. The summed E-state index contributed by atoms with van der Waals surface area (Å²) >= 11 is 0. The molecule has 8 nitrogen and oxygen atoms in total. The van der Waals surface area contributed by atoms with Crippen LogP contribution in [0.2, 0.25) is 0 Å². The van der Waals surface area contributed by atoms with Crippen molar-refractivity contribution in [1.82, 2.24) is 10.3 Å². The van der Waals surface area contributed by atoms with Crippen LogP contribution in [0.1, 0.15) is 17.3 Å². The van der Waals surface area contributed by atoms with Crippen molar-refractivity contribution in [2.24, 2.45) is 5.73 Å². The van der Waals surface area contributed by atoms with Gasteiger partial charge in [0, 0.05) is 5.56 Å². The predicted molar refractivity (Wildman–Crippen MR) is 100.0 cm³/mol. The first-order valence-electron chi connectivity index (χ1n) is 8.37. The number of hydrogen-bond acceptors (Lipinski definition) is 6. The summed E-state index contributed by atoms with van der Waals surface area (Å²) < 4.78 is 10.9. The number of nitrogens with one attached hydrogen (secondary N) is 1. The van der Waals surface area contributed by atoms with Gasteiger partial charge < -0.3 is 14.9 Å². The quantitative estimate of drug-likeness (QED) is 0.657. The molecule has 0 aliphatic carbocycles. The number of benzene rings is 2. The Morgan fingerprint density at radius 3 is 2.46 bits per heavy atom. The summed E-state index contributed by atoms with van der Waals surface area (Å²) in [4.78, 5) is 39.2. The molecule has 1 atom stereocenters. The third kappa shape index (κ3) is 4.24. The number of rotatable bonds is 5. The molecule has 0 unspecified atom stereocenters. The molecule has 0 spiro atoms. The summed E-state index contributed by atoms with van der Waals surface area (Å²) in [5.41, 5.74) is 6.32. The van der Waals surface area contributed by atoms with Crippen LogP contribution in [0.4, 0.5) is 4.79 Å². The van der Waals surface area contributed by atoms with Crippen molar-refractivity contribution in [2.75, 3.05) is 0 Å². The van der Waals surface area contributed by atoms with E-state index in [0.717, 1.165) is 5.56 Å². The van der Waals surface area contributed by atoms with Gasteiger partial charge in [0.15, 0.2) is 11.9 Å². The lowest BCUT2D eigenvalue weighted by atomic mass is 10.1. The Balaban J connectivity index is 1.84. The highest BCUT2D eigenvalue weighted by molar-refractivity contribution is 6.00. The number of carbonyl (C=O) groups excluding carboxylic acids is 3. The van der Waals surface area contributed by atoms with Gasteiger partial charge in [-0.3, -0.25) is 10.1 Å². The number of oxazole rings is 1. The second kappa shape index (κ2) is 8.17. The third-order valence-corrected chi connectivity index (χ3v) is 3.84. The van der Waals surface area contributed by atoms with Crippen molar-refractivity contribution in [3.8, 4) is 22.8 Å². The van der Waals surface area contributed by atoms with Gasteiger partial charge in [-0.05, 0) is 19.1 Å². The molecule has 0 saturated heterocycles. The summed E-state index contributed by atoms with van der Waals surface area (Å²) in [5, 5.41) is 1.86. The number of esters is 1. The van der Waals surface area contributed by atoms with Gasteiger partial charge in [-0.1, -0.05) is 42.5 Å². The highest BCUT2D eigenvalue weighted by atomic mass is 16.5. The number of carbonyl (C=O) groups is 3. The van der Waals surface area contributed by atoms with Crippen molar-refractivity contribution in [1.29, 1.82) is 0 Å². The minimum atomic E-state index is -1.21. The highest BCUT2D eigenvalue weighted by Gasteiger charge is 2.23. The van der Waals surface area contributed by atoms with Crippen LogP contribution in [-0.2, 0) is 9.53 Å². The van der Waals surface area contributed by atoms with Crippen LogP contribution in [0.3, 0.4) is 0 Å². The fourth-order valence-corrected chi connectivity index (χ4v) is 2.48. The number of nitrogens with zero attached hydrogens (tertiary/aromatic N) is 1. The number of hydrogen-bond donors (Lipinski definition) is 2. The Labute approximate surface area is 160 Å². The number of nitrogens with two attached hydrogens (primary N) is 1. The minimum absolute atomic E-state index is 0.169. The maximum atomic E-state index is 12.5. The zero-order chi connectivity index (χ0) is 20.1. The smallest absolute Gasteiger partial charge is 0.339 e. The molecule has 3 aromatic rings. The molecule has 1 heterocycles. The SMILES string of the molecule is C[C@@H](OC(=O)c1ccccc1-c1ncc(-c2ccccc2)o1)C(=O)NC(N)=O. The molecule has 0 bridgehead atoms. The maximum absolute atomic E-state index is 12.5. The Morgan fingerprint density at radius 2 is 1.75 bits per heavy atom. The maximum Gasteiger partial charge on any atom is 0.339 e. The number of ether oxygens (including phenoxy) is 1. The number of amides is 3. The second-order valence-corrected chi connectivity index (χ2v) is 5.84. The summed E-state index contributed by atoms with van der Waals surface area (Å²) in [6.45, 7) is 1.33. The van der Waals surface area contributed by atoms with Gasteiger partial charge in [-0.2, -0.15) is 0 Å². The normalized spacial score (nSPS) is 11.5. The topological polar surface area (TPSA) is 125 Å². The molecule has 3 amide bonds. The van der Waals surface area contributed by atoms with E-state index in [2.05, 4.69) is 4.98 Å². The molecular weight excluding hydrogens is 362 g/mol. The molecule has 0 aliphatic rings. The number of imide groups is 1. The predicted octanol–water partition coefficient (Wildman–Crippen LogP) is 2.75. The van der Waals surface area contributed by atoms with Crippen LogP contribution in [0.5, 0.6) is 0 Å². The lowest BCUT2D eigenvalue weighted by Gasteiger charge is -2.13. The molecule has 142 valence electrons. The van der Waals surface area contributed by atoms with Crippen molar-refractivity contribution < 1.29 is 23.5 Å². The lowest BCUT2D eigenvalue weighted by molar-refractivity contribution is -0.127. The van der Waals surface area contributed by atoms with E-state index in [0.29, 0.717) is 11.3 Å². The Bertz CT molecular complexity index is 1010. The fraction of sp³-hybridized carbons (Fsp3) is 0.100. The van der Waals surface area contributed by atoms with Gasteiger partial charge in [-0.25, -0.2) is 14.6 Å². The zero-order valence-corrected chi connectivity index (χ0v) is 14.9. The Morgan fingerprint density at radius 1 is 1.07 bits per heavy atom. The molecule has 0 fully saturated rings. The van der Waals surface area contributed by atoms with Crippen LogP contribution < -0.4 is 11.1 Å². The van der Waals surface area contributed by atoms with Gasteiger partial charge in [0.2, 0.25) is 5.89 Å².